The number of aryl methyl sites for hydroxylation is 1. The van der Waals surface area contributed by atoms with Gasteiger partial charge in [0.1, 0.15) is 5.52 Å². The maximum Gasteiger partial charge on any atom is 0.332 e. The van der Waals surface area contributed by atoms with Crippen molar-refractivity contribution in [1.82, 2.24) is 24.0 Å². The molecule has 0 saturated heterocycles. The molecule has 0 aliphatic carbocycles. The average molecular weight is 512 g/mol. The third kappa shape index (κ3) is 9.95. The summed E-state index contributed by atoms with van der Waals surface area (Å²) in [5.74, 6) is 0. The molecule has 0 saturated carbocycles. The number of benzene rings is 1. The summed E-state index contributed by atoms with van der Waals surface area (Å²) < 4.78 is 2.37. The van der Waals surface area contributed by atoms with E-state index in [1.165, 1.54) is 107 Å². The SMILES string of the molecule is CCCCCCCCCCCCCCC(c1ccccc1)N(C)C.Cn1c(=O)c2[nH]cnc2n(C)c1=O. The van der Waals surface area contributed by atoms with Crippen LogP contribution in [0.1, 0.15) is 102 Å². The Bertz CT molecular complexity index is 1130. The van der Waals surface area contributed by atoms with Crippen LogP contribution in [-0.4, -0.2) is 38.1 Å². The predicted octanol–water partition coefficient (Wildman–Crippen LogP) is 6.34. The van der Waals surface area contributed by atoms with Crippen LogP contribution in [-0.2, 0) is 14.1 Å². The highest BCUT2D eigenvalue weighted by atomic mass is 16.2. The smallest absolute Gasteiger partial charge is 0.332 e. The fourth-order valence-corrected chi connectivity index (χ4v) is 4.85. The topological polar surface area (TPSA) is 75.9 Å². The van der Waals surface area contributed by atoms with Crippen molar-refractivity contribution >= 4 is 11.2 Å². The van der Waals surface area contributed by atoms with Gasteiger partial charge in [-0.3, -0.25) is 13.9 Å². The molecule has 0 fully saturated rings. The highest BCUT2D eigenvalue weighted by Crippen LogP contribution is 2.24. The predicted molar refractivity (Wildman–Crippen MR) is 155 cm³/mol. The van der Waals surface area contributed by atoms with Crippen LogP contribution in [0, 0.1) is 0 Å². The van der Waals surface area contributed by atoms with Gasteiger partial charge in [0.15, 0.2) is 5.65 Å². The van der Waals surface area contributed by atoms with Gasteiger partial charge in [-0.15, -0.1) is 0 Å². The molecule has 1 unspecified atom stereocenters. The van der Waals surface area contributed by atoms with Gasteiger partial charge in [-0.1, -0.05) is 114 Å². The third-order valence-corrected chi connectivity index (χ3v) is 7.17. The van der Waals surface area contributed by atoms with Crippen molar-refractivity contribution in [3.05, 3.63) is 63.1 Å². The number of fused-ring (bicyclic) bond motifs is 1. The summed E-state index contributed by atoms with van der Waals surface area (Å²) in [6.07, 6.45) is 19.8. The molecule has 0 radical (unpaired) electrons. The minimum atomic E-state index is -0.371. The molecule has 0 bridgehead atoms. The van der Waals surface area contributed by atoms with E-state index in [4.69, 9.17) is 0 Å². The summed E-state index contributed by atoms with van der Waals surface area (Å²) in [5, 5.41) is 0. The normalized spacial score (nSPS) is 12.1. The van der Waals surface area contributed by atoms with Crippen molar-refractivity contribution < 1.29 is 0 Å². The Balaban J connectivity index is 0.000000308. The molecule has 0 aliphatic rings. The summed E-state index contributed by atoms with van der Waals surface area (Å²) in [7, 11) is 7.42. The summed E-state index contributed by atoms with van der Waals surface area (Å²) in [5.41, 5.74) is 1.48. The van der Waals surface area contributed by atoms with Crippen LogP contribution < -0.4 is 11.2 Å². The zero-order chi connectivity index (χ0) is 27.0. The van der Waals surface area contributed by atoms with Crippen molar-refractivity contribution in [2.24, 2.45) is 14.1 Å². The molecule has 0 aliphatic heterocycles. The van der Waals surface area contributed by atoms with E-state index < -0.39 is 0 Å². The fourth-order valence-electron chi connectivity index (χ4n) is 4.85. The fraction of sp³-hybridized carbons (Fsp3) is 0.633. The zero-order valence-corrected chi connectivity index (χ0v) is 23.8. The highest BCUT2D eigenvalue weighted by Gasteiger charge is 2.13. The molecule has 1 aromatic carbocycles. The first kappa shape index (κ1) is 30.6. The van der Waals surface area contributed by atoms with Crippen LogP contribution in [0.3, 0.4) is 0 Å². The van der Waals surface area contributed by atoms with Crippen LogP contribution in [0.4, 0.5) is 0 Å². The molecule has 2 heterocycles. The molecule has 1 N–H and O–H groups in total. The standard InChI is InChI=1S/C23H41N.C7H8N4O2/c1-4-5-6-7-8-9-10-11-12-13-14-18-21-23(24(2)3)22-19-16-15-17-20-22;1-10-5-4(8-3-9-5)6(12)11(2)7(10)13/h15-17,19-20,23H,4-14,18,21H2,1-3H3;3H,1-2H3,(H,8,9). The molecule has 3 rings (SSSR count). The van der Waals surface area contributed by atoms with Gasteiger partial charge in [0, 0.05) is 20.1 Å². The molecule has 0 spiro atoms. The summed E-state index contributed by atoms with van der Waals surface area (Å²) in [6, 6.07) is 11.5. The molecular formula is C30H49N5O2. The van der Waals surface area contributed by atoms with E-state index in [0.29, 0.717) is 17.2 Å². The molecule has 7 nitrogen and oxygen atoms in total. The summed E-state index contributed by atoms with van der Waals surface area (Å²) >= 11 is 0. The number of nitrogens with one attached hydrogen (secondary N) is 1. The van der Waals surface area contributed by atoms with E-state index in [1.807, 2.05) is 0 Å². The van der Waals surface area contributed by atoms with Crippen molar-refractivity contribution in [1.29, 1.82) is 0 Å². The molecule has 37 heavy (non-hydrogen) atoms. The minimum absolute atomic E-state index is 0.351. The van der Waals surface area contributed by atoms with Crippen molar-refractivity contribution in [2.45, 2.75) is 96.4 Å². The second kappa shape index (κ2) is 17.0. The maximum absolute atomic E-state index is 11.4. The third-order valence-electron chi connectivity index (χ3n) is 7.17. The summed E-state index contributed by atoms with van der Waals surface area (Å²) in [4.78, 5) is 31.8. The zero-order valence-electron chi connectivity index (χ0n) is 23.8. The number of aromatic amines is 1. The van der Waals surface area contributed by atoms with E-state index in [2.05, 4.69) is 66.2 Å². The lowest BCUT2D eigenvalue weighted by Crippen LogP contribution is -2.36. The van der Waals surface area contributed by atoms with E-state index in [-0.39, 0.29) is 11.2 Å². The van der Waals surface area contributed by atoms with Crippen LogP contribution in [0.25, 0.3) is 11.2 Å². The highest BCUT2D eigenvalue weighted by molar-refractivity contribution is 5.68. The lowest BCUT2D eigenvalue weighted by atomic mass is 9.98. The second-order valence-corrected chi connectivity index (χ2v) is 10.4. The number of nitrogens with zero attached hydrogens (tertiary/aromatic N) is 4. The van der Waals surface area contributed by atoms with Gasteiger partial charge in [0.25, 0.3) is 5.56 Å². The molecule has 7 heteroatoms. The average Bonchev–Trinajstić information content (AvgIpc) is 3.40. The van der Waals surface area contributed by atoms with E-state index in [0.717, 1.165) is 4.57 Å². The van der Waals surface area contributed by atoms with Crippen LogP contribution in [0.5, 0.6) is 0 Å². The molecule has 206 valence electrons. The first-order chi connectivity index (χ1) is 17.9. The lowest BCUT2D eigenvalue weighted by Gasteiger charge is -2.24. The number of unbranched alkanes of at least 4 members (excludes halogenated alkanes) is 11. The van der Waals surface area contributed by atoms with Gasteiger partial charge < -0.3 is 9.88 Å². The Hall–Kier alpha value is -2.67. The first-order valence-corrected chi connectivity index (χ1v) is 14.2. The largest absolute Gasteiger partial charge is 0.339 e. The van der Waals surface area contributed by atoms with Crippen molar-refractivity contribution in [3.8, 4) is 0 Å². The number of hydrogen-bond donors (Lipinski definition) is 1. The summed E-state index contributed by atoms with van der Waals surface area (Å²) in [6.45, 7) is 2.29. The molecule has 1 atom stereocenters. The lowest BCUT2D eigenvalue weighted by molar-refractivity contribution is 0.276. The van der Waals surface area contributed by atoms with Crippen molar-refractivity contribution in [3.63, 3.8) is 0 Å². The Morgan fingerprint density at radius 1 is 0.811 bits per heavy atom. The quantitative estimate of drug-likeness (QED) is 0.242. The number of hydrogen-bond acceptors (Lipinski definition) is 4. The number of H-pyrrole nitrogens is 1. The number of imidazole rings is 1. The van der Waals surface area contributed by atoms with Crippen LogP contribution in [0.15, 0.2) is 46.2 Å². The Morgan fingerprint density at radius 2 is 1.35 bits per heavy atom. The minimum Gasteiger partial charge on any atom is -0.339 e. The van der Waals surface area contributed by atoms with Gasteiger partial charge in [-0.2, -0.15) is 0 Å². The molecule has 3 aromatic rings. The van der Waals surface area contributed by atoms with Gasteiger partial charge in [0.2, 0.25) is 0 Å². The molecular weight excluding hydrogens is 462 g/mol. The Labute approximate surface area is 222 Å². The number of rotatable bonds is 15. The maximum atomic E-state index is 11.4. The van der Waals surface area contributed by atoms with Gasteiger partial charge in [-0.25, -0.2) is 9.78 Å². The van der Waals surface area contributed by atoms with Gasteiger partial charge in [0.05, 0.1) is 6.33 Å². The van der Waals surface area contributed by atoms with Gasteiger partial charge in [-0.05, 0) is 26.1 Å². The van der Waals surface area contributed by atoms with Crippen LogP contribution in [0.2, 0.25) is 0 Å². The van der Waals surface area contributed by atoms with Crippen LogP contribution >= 0.6 is 0 Å². The Morgan fingerprint density at radius 3 is 1.89 bits per heavy atom. The number of aromatic nitrogens is 4. The Kier molecular flexibility index (Phi) is 14.0. The van der Waals surface area contributed by atoms with E-state index >= 15 is 0 Å². The van der Waals surface area contributed by atoms with Crippen molar-refractivity contribution in [2.75, 3.05) is 14.1 Å². The first-order valence-electron chi connectivity index (χ1n) is 14.2. The van der Waals surface area contributed by atoms with Gasteiger partial charge >= 0.3 is 5.69 Å². The second-order valence-electron chi connectivity index (χ2n) is 10.4. The van der Waals surface area contributed by atoms with E-state index in [1.54, 1.807) is 7.05 Å². The molecule has 0 amide bonds. The molecule has 2 aromatic heterocycles. The van der Waals surface area contributed by atoms with E-state index in [9.17, 15) is 9.59 Å². The monoisotopic (exact) mass is 511 g/mol.